The van der Waals surface area contributed by atoms with Crippen molar-refractivity contribution in [2.75, 3.05) is 7.11 Å². The molecule has 1 aromatic rings. The van der Waals surface area contributed by atoms with Gasteiger partial charge in [0.05, 0.1) is 4.47 Å². The van der Waals surface area contributed by atoms with Gasteiger partial charge in [0.25, 0.3) is 5.56 Å². The van der Waals surface area contributed by atoms with Crippen molar-refractivity contribution < 1.29 is 4.74 Å². The summed E-state index contributed by atoms with van der Waals surface area (Å²) in [7, 11) is 1.56. The van der Waals surface area contributed by atoms with E-state index in [2.05, 4.69) is 15.9 Å². The van der Waals surface area contributed by atoms with Crippen LogP contribution < -0.4 is 5.56 Å². The van der Waals surface area contributed by atoms with Crippen molar-refractivity contribution in [1.82, 2.24) is 4.57 Å². The lowest BCUT2D eigenvalue weighted by Gasteiger charge is -2.05. The third-order valence-corrected chi connectivity index (χ3v) is 2.02. The summed E-state index contributed by atoms with van der Waals surface area (Å²) >= 11 is 3.18. The molecular formula is C8H10BrNO2. The Morgan fingerprint density at radius 3 is 2.92 bits per heavy atom. The Morgan fingerprint density at radius 1 is 1.67 bits per heavy atom. The van der Waals surface area contributed by atoms with Gasteiger partial charge in [-0.3, -0.25) is 9.36 Å². The predicted molar refractivity (Wildman–Crippen MR) is 50.1 cm³/mol. The number of hydrogen-bond donors (Lipinski definition) is 0. The monoisotopic (exact) mass is 231 g/mol. The highest BCUT2D eigenvalue weighted by Gasteiger charge is 2.00. The molecule has 66 valence electrons. The number of pyridine rings is 1. The van der Waals surface area contributed by atoms with Crippen LogP contribution in [0.1, 0.15) is 5.56 Å². The second kappa shape index (κ2) is 3.87. The quantitative estimate of drug-likeness (QED) is 0.774. The van der Waals surface area contributed by atoms with Crippen molar-refractivity contribution in [3.8, 4) is 0 Å². The molecule has 1 heterocycles. The fourth-order valence-corrected chi connectivity index (χ4v) is 1.56. The third kappa shape index (κ3) is 1.95. The second-order valence-electron chi connectivity index (χ2n) is 2.56. The van der Waals surface area contributed by atoms with E-state index in [1.165, 1.54) is 4.57 Å². The lowest BCUT2D eigenvalue weighted by molar-refractivity contribution is 0.128. The van der Waals surface area contributed by atoms with Gasteiger partial charge >= 0.3 is 0 Å². The Kier molecular flexibility index (Phi) is 3.05. The van der Waals surface area contributed by atoms with Gasteiger partial charge in [0, 0.05) is 13.3 Å². The van der Waals surface area contributed by atoms with Crippen LogP contribution in [-0.2, 0) is 11.5 Å². The van der Waals surface area contributed by atoms with Gasteiger partial charge in [-0.2, -0.15) is 0 Å². The van der Waals surface area contributed by atoms with E-state index in [0.717, 1.165) is 5.56 Å². The summed E-state index contributed by atoms with van der Waals surface area (Å²) in [4.78, 5) is 11.3. The number of aryl methyl sites for hydroxylation is 1. The topological polar surface area (TPSA) is 31.2 Å². The van der Waals surface area contributed by atoms with Gasteiger partial charge in [0.1, 0.15) is 6.73 Å². The van der Waals surface area contributed by atoms with Gasteiger partial charge < -0.3 is 4.74 Å². The lowest BCUT2D eigenvalue weighted by atomic mass is 10.3. The molecule has 1 aromatic heterocycles. The highest BCUT2D eigenvalue weighted by Crippen LogP contribution is 2.05. The molecule has 0 saturated carbocycles. The molecule has 1 rings (SSSR count). The van der Waals surface area contributed by atoms with Crippen LogP contribution in [0.15, 0.2) is 21.5 Å². The zero-order valence-electron chi connectivity index (χ0n) is 7.00. The average molecular weight is 232 g/mol. The average Bonchev–Trinajstić information content (AvgIpc) is 2.00. The molecule has 4 heteroatoms. The highest BCUT2D eigenvalue weighted by atomic mass is 79.9. The minimum absolute atomic E-state index is 0.0672. The number of hydrogen-bond acceptors (Lipinski definition) is 2. The van der Waals surface area contributed by atoms with Crippen LogP contribution in [-0.4, -0.2) is 11.7 Å². The fourth-order valence-electron chi connectivity index (χ4n) is 0.975. The van der Waals surface area contributed by atoms with E-state index in [4.69, 9.17) is 4.74 Å². The van der Waals surface area contributed by atoms with E-state index in [-0.39, 0.29) is 5.56 Å². The number of methoxy groups -OCH3 is 1. The molecule has 0 aliphatic carbocycles. The molecule has 3 nitrogen and oxygen atoms in total. The number of nitrogens with zero attached hydrogens (tertiary/aromatic N) is 1. The molecule has 0 unspecified atom stereocenters. The predicted octanol–water partition coefficient (Wildman–Crippen LogP) is 1.52. The van der Waals surface area contributed by atoms with Gasteiger partial charge in [0.15, 0.2) is 0 Å². The van der Waals surface area contributed by atoms with Gasteiger partial charge in [-0.15, -0.1) is 0 Å². The van der Waals surface area contributed by atoms with Gasteiger partial charge in [-0.1, -0.05) is 0 Å². The normalized spacial score (nSPS) is 10.2. The molecule has 0 aliphatic heterocycles. The number of halogens is 1. The summed E-state index contributed by atoms with van der Waals surface area (Å²) in [6.07, 6.45) is 1.76. The zero-order chi connectivity index (χ0) is 9.14. The summed E-state index contributed by atoms with van der Waals surface area (Å²) in [6.45, 7) is 2.22. The Hall–Kier alpha value is -0.610. The summed E-state index contributed by atoms with van der Waals surface area (Å²) < 4.78 is 6.94. The first-order chi connectivity index (χ1) is 5.65. The van der Waals surface area contributed by atoms with Crippen LogP contribution in [0.25, 0.3) is 0 Å². The molecule has 0 fully saturated rings. The Labute approximate surface area is 79.1 Å². The Morgan fingerprint density at radius 2 is 2.33 bits per heavy atom. The number of ether oxygens (including phenoxy) is 1. The van der Waals surface area contributed by atoms with Crippen LogP contribution in [0.2, 0.25) is 0 Å². The first kappa shape index (κ1) is 9.48. The minimum Gasteiger partial charge on any atom is -0.364 e. The van der Waals surface area contributed by atoms with Crippen LogP contribution >= 0.6 is 15.9 Å². The molecule has 0 radical (unpaired) electrons. The molecule has 0 aliphatic rings. The molecular weight excluding hydrogens is 222 g/mol. The summed E-state index contributed by atoms with van der Waals surface area (Å²) in [6, 6.07) is 1.79. The van der Waals surface area contributed by atoms with Crippen LogP contribution in [0.3, 0.4) is 0 Å². The molecule has 0 spiro atoms. The smallest absolute Gasteiger partial charge is 0.266 e. The largest absolute Gasteiger partial charge is 0.364 e. The Bertz CT molecular complexity index is 332. The summed E-state index contributed by atoms with van der Waals surface area (Å²) in [5, 5.41) is 0. The first-order valence-electron chi connectivity index (χ1n) is 3.50. The van der Waals surface area contributed by atoms with E-state index in [1.807, 2.05) is 6.92 Å². The van der Waals surface area contributed by atoms with E-state index in [9.17, 15) is 4.79 Å². The molecule has 0 N–H and O–H groups in total. The van der Waals surface area contributed by atoms with Crippen molar-refractivity contribution >= 4 is 15.9 Å². The van der Waals surface area contributed by atoms with Crippen molar-refractivity contribution in [1.29, 1.82) is 0 Å². The molecule has 0 amide bonds. The second-order valence-corrected chi connectivity index (χ2v) is 3.41. The van der Waals surface area contributed by atoms with E-state index in [1.54, 1.807) is 19.4 Å². The molecule has 12 heavy (non-hydrogen) atoms. The van der Waals surface area contributed by atoms with Crippen LogP contribution in [0, 0.1) is 6.92 Å². The number of aromatic nitrogens is 1. The molecule has 0 saturated heterocycles. The van der Waals surface area contributed by atoms with E-state index < -0.39 is 0 Å². The van der Waals surface area contributed by atoms with Gasteiger partial charge in [-0.05, 0) is 34.5 Å². The maximum Gasteiger partial charge on any atom is 0.266 e. The minimum atomic E-state index is -0.0672. The summed E-state index contributed by atoms with van der Waals surface area (Å²) in [5.74, 6) is 0. The standard InChI is InChI=1S/C8H10BrNO2/c1-6-3-7(9)8(11)10(4-6)5-12-2/h3-4H,5H2,1-2H3. The van der Waals surface area contributed by atoms with Crippen molar-refractivity contribution in [2.24, 2.45) is 0 Å². The van der Waals surface area contributed by atoms with Crippen molar-refractivity contribution in [3.63, 3.8) is 0 Å². The van der Waals surface area contributed by atoms with E-state index in [0.29, 0.717) is 11.2 Å². The molecule has 0 atom stereocenters. The maximum atomic E-state index is 11.3. The van der Waals surface area contributed by atoms with E-state index >= 15 is 0 Å². The fraction of sp³-hybridized carbons (Fsp3) is 0.375. The van der Waals surface area contributed by atoms with Crippen LogP contribution in [0.4, 0.5) is 0 Å². The molecule has 0 bridgehead atoms. The highest BCUT2D eigenvalue weighted by molar-refractivity contribution is 9.10. The maximum absolute atomic E-state index is 11.3. The van der Waals surface area contributed by atoms with Gasteiger partial charge in [-0.25, -0.2) is 0 Å². The zero-order valence-corrected chi connectivity index (χ0v) is 8.59. The Balaban J connectivity index is 3.19. The first-order valence-corrected chi connectivity index (χ1v) is 4.30. The van der Waals surface area contributed by atoms with Crippen LogP contribution in [0.5, 0.6) is 0 Å². The number of rotatable bonds is 2. The summed E-state index contributed by atoms with van der Waals surface area (Å²) in [5.41, 5.74) is 0.959. The van der Waals surface area contributed by atoms with Gasteiger partial charge in [0.2, 0.25) is 0 Å². The SMILES string of the molecule is COCn1cc(C)cc(Br)c1=O. The van der Waals surface area contributed by atoms with Crippen molar-refractivity contribution in [2.45, 2.75) is 13.7 Å². The molecule has 0 aromatic carbocycles. The third-order valence-electron chi connectivity index (χ3n) is 1.45. The lowest BCUT2D eigenvalue weighted by Crippen LogP contribution is -2.21. The van der Waals surface area contributed by atoms with Crippen molar-refractivity contribution in [3.05, 3.63) is 32.7 Å².